The van der Waals surface area contributed by atoms with Gasteiger partial charge in [-0.3, -0.25) is 0 Å². The van der Waals surface area contributed by atoms with Gasteiger partial charge < -0.3 is 10.2 Å². The van der Waals surface area contributed by atoms with Crippen molar-refractivity contribution in [1.82, 2.24) is 10.2 Å². The monoisotopic (exact) mass is 268 g/mol. The molecule has 0 radical (unpaired) electrons. The molecule has 2 heteroatoms. The molecular formula is C17H36N2. The Morgan fingerprint density at radius 1 is 1.05 bits per heavy atom. The van der Waals surface area contributed by atoms with Gasteiger partial charge in [0.1, 0.15) is 0 Å². The number of nitrogens with zero attached hydrogens (tertiary/aromatic N) is 1. The highest BCUT2D eigenvalue weighted by Gasteiger charge is 2.32. The van der Waals surface area contributed by atoms with Crippen LogP contribution in [0.1, 0.15) is 73.1 Å². The van der Waals surface area contributed by atoms with Crippen molar-refractivity contribution in [1.29, 1.82) is 0 Å². The number of nitrogens with one attached hydrogen (secondary N) is 1. The van der Waals surface area contributed by atoms with E-state index >= 15 is 0 Å². The van der Waals surface area contributed by atoms with Gasteiger partial charge >= 0.3 is 0 Å². The summed E-state index contributed by atoms with van der Waals surface area (Å²) in [5, 5.41) is 3.52. The minimum absolute atomic E-state index is 0.625. The molecule has 0 aromatic rings. The minimum Gasteiger partial charge on any atom is -0.315 e. The van der Waals surface area contributed by atoms with Crippen LogP contribution < -0.4 is 5.32 Å². The van der Waals surface area contributed by atoms with Crippen LogP contribution in [0.5, 0.6) is 0 Å². The molecule has 2 nitrogen and oxygen atoms in total. The van der Waals surface area contributed by atoms with Gasteiger partial charge in [0, 0.05) is 12.1 Å². The predicted octanol–water partition coefficient (Wildman–Crippen LogP) is 4.06. The van der Waals surface area contributed by atoms with Gasteiger partial charge in [-0.1, -0.05) is 40.5 Å². The molecule has 114 valence electrons. The van der Waals surface area contributed by atoms with Crippen molar-refractivity contribution in [2.75, 3.05) is 19.6 Å². The number of piperidine rings is 1. The van der Waals surface area contributed by atoms with Crippen molar-refractivity contribution >= 4 is 0 Å². The van der Waals surface area contributed by atoms with Crippen molar-refractivity contribution in [3.8, 4) is 0 Å². The maximum Gasteiger partial charge on any atom is 0.00674 e. The summed E-state index contributed by atoms with van der Waals surface area (Å²) >= 11 is 0. The molecule has 1 aliphatic heterocycles. The lowest BCUT2D eigenvalue weighted by molar-refractivity contribution is 0.0680. The smallest absolute Gasteiger partial charge is 0.00674 e. The molecule has 0 bridgehead atoms. The first-order valence-corrected chi connectivity index (χ1v) is 8.50. The molecular weight excluding hydrogens is 232 g/mol. The summed E-state index contributed by atoms with van der Waals surface area (Å²) in [7, 11) is 0. The van der Waals surface area contributed by atoms with E-state index in [2.05, 4.69) is 44.8 Å². The molecule has 0 saturated carbocycles. The van der Waals surface area contributed by atoms with Crippen LogP contribution in [-0.4, -0.2) is 36.6 Å². The third kappa shape index (κ3) is 5.43. The average Bonchev–Trinajstić information content (AvgIpc) is 2.43. The average molecular weight is 268 g/mol. The Kier molecular flexibility index (Phi) is 7.38. The fourth-order valence-electron chi connectivity index (χ4n) is 3.37. The molecule has 1 N–H and O–H groups in total. The van der Waals surface area contributed by atoms with Gasteiger partial charge in [0.25, 0.3) is 0 Å². The maximum atomic E-state index is 3.52. The molecule has 0 aromatic carbocycles. The molecule has 1 fully saturated rings. The first kappa shape index (κ1) is 17.0. The number of likely N-dealkylation sites (tertiary alicyclic amines) is 1. The maximum absolute atomic E-state index is 3.52. The Labute approximate surface area is 121 Å². The summed E-state index contributed by atoms with van der Waals surface area (Å²) in [6, 6.07) is 1.39. The molecule has 0 aromatic heterocycles. The number of hydrogen-bond acceptors (Lipinski definition) is 2. The number of hydrogen-bond donors (Lipinski definition) is 1. The summed E-state index contributed by atoms with van der Waals surface area (Å²) in [6.45, 7) is 15.4. The van der Waals surface area contributed by atoms with E-state index in [0.717, 1.165) is 6.04 Å². The second kappa shape index (κ2) is 8.26. The second-order valence-electron chi connectivity index (χ2n) is 6.84. The lowest BCUT2D eigenvalue weighted by Crippen LogP contribution is -2.44. The standard InChI is InChI=1S/C17H36N2/c1-6-17(7-2)10-13-19(14-11-17)16(5)9-8-12-18-15(3)4/h15-16,18H,6-14H2,1-5H3. The molecule has 0 amide bonds. The zero-order chi connectivity index (χ0) is 14.3. The fraction of sp³-hybridized carbons (Fsp3) is 1.00. The zero-order valence-corrected chi connectivity index (χ0v) is 14.0. The van der Waals surface area contributed by atoms with Crippen LogP contribution in [0.25, 0.3) is 0 Å². The van der Waals surface area contributed by atoms with Crippen molar-refractivity contribution in [2.45, 2.75) is 85.2 Å². The topological polar surface area (TPSA) is 15.3 Å². The van der Waals surface area contributed by atoms with Crippen LogP contribution in [0.2, 0.25) is 0 Å². The van der Waals surface area contributed by atoms with Crippen LogP contribution in [0.3, 0.4) is 0 Å². The van der Waals surface area contributed by atoms with E-state index in [1.165, 1.54) is 58.2 Å². The fourth-order valence-corrected chi connectivity index (χ4v) is 3.37. The molecule has 1 atom stereocenters. The highest BCUT2D eigenvalue weighted by molar-refractivity contribution is 4.85. The van der Waals surface area contributed by atoms with Crippen LogP contribution in [0.15, 0.2) is 0 Å². The summed E-state index contributed by atoms with van der Waals surface area (Å²) < 4.78 is 0. The number of rotatable bonds is 8. The molecule has 1 saturated heterocycles. The van der Waals surface area contributed by atoms with Gasteiger partial charge in [0.05, 0.1) is 0 Å². The molecule has 1 heterocycles. The quantitative estimate of drug-likeness (QED) is 0.668. The molecule has 1 aliphatic rings. The third-order valence-corrected chi connectivity index (χ3v) is 5.33. The minimum atomic E-state index is 0.625. The van der Waals surface area contributed by atoms with Gasteiger partial charge in [-0.25, -0.2) is 0 Å². The van der Waals surface area contributed by atoms with Gasteiger partial charge in [0.2, 0.25) is 0 Å². The van der Waals surface area contributed by atoms with Crippen molar-refractivity contribution < 1.29 is 0 Å². The van der Waals surface area contributed by atoms with E-state index in [1.54, 1.807) is 0 Å². The summed E-state index contributed by atoms with van der Waals surface area (Å²) in [5.41, 5.74) is 0.662. The second-order valence-corrected chi connectivity index (χ2v) is 6.84. The SMILES string of the molecule is CCC1(CC)CCN(C(C)CCCNC(C)C)CC1. The molecule has 0 aliphatic carbocycles. The Morgan fingerprint density at radius 3 is 2.11 bits per heavy atom. The summed E-state index contributed by atoms with van der Waals surface area (Å²) in [6.07, 6.45) is 8.20. The normalized spacial score (nSPS) is 21.8. The summed E-state index contributed by atoms with van der Waals surface area (Å²) in [4.78, 5) is 2.72. The van der Waals surface area contributed by atoms with Gasteiger partial charge in [-0.05, 0) is 57.7 Å². The van der Waals surface area contributed by atoms with Gasteiger partial charge in [-0.15, -0.1) is 0 Å². The Hall–Kier alpha value is -0.0800. The first-order chi connectivity index (χ1) is 9.03. The lowest BCUT2D eigenvalue weighted by atomic mass is 9.74. The summed E-state index contributed by atoms with van der Waals surface area (Å²) in [5.74, 6) is 0. The third-order valence-electron chi connectivity index (χ3n) is 5.33. The molecule has 0 spiro atoms. The predicted molar refractivity (Wildman–Crippen MR) is 85.7 cm³/mol. The van der Waals surface area contributed by atoms with Crippen molar-refractivity contribution in [2.24, 2.45) is 5.41 Å². The van der Waals surface area contributed by atoms with E-state index in [0.29, 0.717) is 11.5 Å². The van der Waals surface area contributed by atoms with Crippen molar-refractivity contribution in [3.63, 3.8) is 0 Å². The van der Waals surface area contributed by atoms with Crippen LogP contribution in [0, 0.1) is 5.41 Å². The van der Waals surface area contributed by atoms with E-state index in [1.807, 2.05) is 0 Å². The van der Waals surface area contributed by atoms with E-state index in [-0.39, 0.29) is 0 Å². The Balaban J connectivity index is 2.23. The van der Waals surface area contributed by atoms with E-state index in [9.17, 15) is 0 Å². The largest absolute Gasteiger partial charge is 0.315 e. The van der Waals surface area contributed by atoms with Crippen LogP contribution >= 0.6 is 0 Å². The Morgan fingerprint density at radius 2 is 1.63 bits per heavy atom. The molecule has 1 rings (SSSR count). The highest BCUT2D eigenvalue weighted by Crippen LogP contribution is 2.38. The zero-order valence-electron chi connectivity index (χ0n) is 14.0. The molecule has 19 heavy (non-hydrogen) atoms. The molecule has 1 unspecified atom stereocenters. The van der Waals surface area contributed by atoms with Gasteiger partial charge in [-0.2, -0.15) is 0 Å². The van der Waals surface area contributed by atoms with Crippen molar-refractivity contribution in [3.05, 3.63) is 0 Å². The highest BCUT2D eigenvalue weighted by atomic mass is 15.2. The first-order valence-electron chi connectivity index (χ1n) is 8.50. The van der Waals surface area contributed by atoms with Gasteiger partial charge in [0.15, 0.2) is 0 Å². The van der Waals surface area contributed by atoms with E-state index in [4.69, 9.17) is 0 Å². The van der Waals surface area contributed by atoms with Crippen LogP contribution in [0.4, 0.5) is 0 Å². The Bertz CT molecular complexity index is 223. The van der Waals surface area contributed by atoms with Crippen LogP contribution in [-0.2, 0) is 0 Å². The lowest BCUT2D eigenvalue weighted by Gasteiger charge is -2.43. The van der Waals surface area contributed by atoms with E-state index < -0.39 is 0 Å².